The number of nitrogens with zero attached hydrogens (tertiary/aromatic N) is 3. The van der Waals surface area contributed by atoms with Gasteiger partial charge in [-0.3, -0.25) is 4.90 Å². The topological polar surface area (TPSA) is 41.0 Å². The molecule has 1 aromatic heterocycles. The van der Waals surface area contributed by atoms with Gasteiger partial charge in [0.2, 0.25) is 5.95 Å². The molecule has 14 heavy (non-hydrogen) atoms. The molecule has 1 aliphatic rings. The number of anilines is 1. The molecule has 76 valence electrons. The average Bonchev–Trinajstić information content (AvgIpc) is 2.13. The fourth-order valence-electron chi connectivity index (χ4n) is 1.49. The molecule has 1 fully saturated rings. The molecular weight excluding hydrogens is 200 g/mol. The molecule has 0 radical (unpaired) electrons. The van der Waals surface area contributed by atoms with Crippen molar-refractivity contribution in [3.63, 3.8) is 0 Å². The monoisotopic (exact) mass is 212 g/mol. The summed E-state index contributed by atoms with van der Waals surface area (Å²) in [4.78, 5) is 10.5. The third-order valence-electron chi connectivity index (χ3n) is 2.36. The van der Waals surface area contributed by atoms with Crippen LogP contribution < -0.4 is 5.32 Å². The molecule has 1 aromatic rings. The average molecular weight is 213 g/mol. The van der Waals surface area contributed by atoms with Gasteiger partial charge < -0.3 is 5.32 Å². The van der Waals surface area contributed by atoms with Crippen molar-refractivity contribution in [2.75, 3.05) is 25.0 Å². The highest BCUT2D eigenvalue weighted by Gasteiger charge is 2.25. The van der Waals surface area contributed by atoms with Gasteiger partial charge in [-0.05, 0) is 6.54 Å². The van der Waals surface area contributed by atoms with Crippen molar-refractivity contribution in [3.05, 3.63) is 17.4 Å². The van der Waals surface area contributed by atoms with Gasteiger partial charge in [-0.25, -0.2) is 9.97 Å². The number of nitrogens with one attached hydrogen (secondary N) is 1. The van der Waals surface area contributed by atoms with E-state index in [9.17, 15) is 0 Å². The Bertz CT molecular complexity index is 294. The van der Waals surface area contributed by atoms with Crippen LogP contribution in [0, 0.1) is 0 Å². The summed E-state index contributed by atoms with van der Waals surface area (Å²) in [6.45, 7) is 5.42. The molecule has 2 heterocycles. The van der Waals surface area contributed by atoms with E-state index in [-0.39, 0.29) is 0 Å². The summed E-state index contributed by atoms with van der Waals surface area (Å²) in [6, 6.07) is 0.483. The van der Waals surface area contributed by atoms with Crippen LogP contribution in [0.15, 0.2) is 12.4 Å². The van der Waals surface area contributed by atoms with Gasteiger partial charge in [0.15, 0.2) is 0 Å². The van der Waals surface area contributed by atoms with E-state index in [0.29, 0.717) is 17.0 Å². The van der Waals surface area contributed by atoms with Crippen molar-refractivity contribution in [2.24, 2.45) is 0 Å². The second kappa shape index (κ2) is 4.11. The lowest BCUT2D eigenvalue weighted by atomic mass is 10.1. The van der Waals surface area contributed by atoms with E-state index in [1.165, 1.54) is 0 Å². The number of aromatic nitrogens is 2. The molecule has 2 rings (SSSR count). The molecule has 0 unspecified atom stereocenters. The Labute approximate surface area is 88.3 Å². The van der Waals surface area contributed by atoms with Crippen LogP contribution in [0.4, 0.5) is 5.95 Å². The van der Waals surface area contributed by atoms with E-state index in [2.05, 4.69) is 27.1 Å². The molecule has 0 spiro atoms. The molecule has 1 saturated heterocycles. The maximum Gasteiger partial charge on any atom is 0.222 e. The molecule has 1 N–H and O–H groups in total. The first-order chi connectivity index (χ1) is 6.78. The molecule has 5 heteroatoms. The van der Waals surface area contributed by atoms with Gasteiger partial charge >= 0.3 is 0 Å². The largest absolute Gasteiger partial charge is 0.349 e. The number of rotatable bonds is 3. The SMILES string of the molecule is CCN1CC(Nc2ncc(Cl)cn2)C1. The smallest absolute Gasteiger partial charge is 0.222 e. The van der Waals surface area contributed by atoms with Crippen LogP contribution in [0.25, 0.3) is 0 Å². The third-order valence-corrected chi connectivity index (χ3v) is 2.55. The first-order valence-electron chi connectivity index (χ1n) is 4.74. The van der Waals surface area contributed by atoms with E-state index in [4.69, 9.17) is 11.6 Å². The minimum atomic E-state index is 0.483. The molecule has 1 aliphatic heterocycles. The molecule has 0 aromatic carbocycles. The van der Waals surface area contributed by atoms with Gasteiger partial charge in [-0.1, -0.05) is 18.5 Å². The summed E-state index contributed by atoms with van der Waals surface area (Å²) in [6.07, 6.45) is 3.21. The Balaban J connectivity index is 1.84. The van der Waals surface area contributed by atoms with Crippen LogP contribution in [-0.4, -0.2) is 40.5 Å². The fraction of sp³-hybridized carbons (Fsp3) is 0.556. The molecule has 0 bridgehead atoms. The van der Waals surface area contributed by atoms with Crippen LogP contribution in [0.3, 0.4) is 0 Å². The van der Waals surface area contributed by atoms with Gasteiger partial charge in [-0.15, -0.1) is 0 Å². The Kier molecular flexibility index (Phi) is 2.84. The standard InChI is InChI=1S/C9H13ClN4/c1-2-14-5-8(6-14)13-9-11-3-7(10)4-12-9/h3-4,8H,2,5-6H2,1H3,(H,11,12,13). The summed E-state index contributed by atoms with van der Waals surface area (Å²) in [5, 5.41) is 3.82. The Morgan fingerprint density at radius 1 is 1.50 bits per heavy atom. The molecular formula is C9H13ClN4. The lowest BCUT2D eigenvalue weighted by molar-refractivity contribution is 0.171. The number of hydrogen-bond acceptors (Lipinski definition) is 4. The van der Waals surface area contributed by atoms with Gasteiger partial charge in [-0.2, -0.15) is 0 Å². The van der Waals surface area contributed by atoms with Crippen molar-refractivity contribution >= 4 is 17.5 Å². The van der Waals surface area contributed by atoms with Crippen LogP contribution in [0.5, 0.6) is 0 Å². The number of likely N-dealkylation sites (tertiary alicyclic amines) is 1. The van der Waals surface area contributed by atoms with Crippen molar-refractivity contribution in [3.8, 4) is 0 Å². The quantitative estimate of drug-likeness (QED) is 0.819. The minimum Gasteiger partial charge on any atom is -0.349 e. The highest BCUT2D eigenvalue weighted by molar-refractivity contribution is 6.30. The predicted octanol–water partition coefficient (Wildman–Crippen LogP) is 1.25. The van der Waals surface area contributed by atoms with Crippen LogP contribution >= 0.6 is 11.6 Å². The number of likely N-dealkylation sites (N-methyl/N-ethyl adjacent to an activating group) is 1. The second-order valence-corrected chi connectivity index (χ2v) is 3.85. The van der Waals surface area contributed by atoms with Crippen molar-refractivity contribution in [2.45, 2.75) is 13.0 Å². The van der Waals surface area contributed by atoms with Gasteiger partial charge in [0.1, 0.15) is 0 Å². The highest BCUT2D eigenvalue weighted by atomic mass is 35.5. The lowest BCUT2D eigenvalue weighted by Crippen LogP contribution is -2.54. The summed E-state index contributed by atoms with van der Waals surface area (Å²) in [5.41, 5.74) is 0. The molecule has 0 saturated carbocycles. The van der Waals surface area contributed by atoms with E-state index < -0.39 is 0 Å². The van der Waals surface area contributed by atoms with Crippen molar-refractivity contribution in [1.29, 1.82) is 0 Å². The number of hydrogen-bond donors (Lipinski definition) is 1. The van der Waals surface area contributed by atoms with E-state index in [0.717, 1.165) is 19.6 Å². The summed E-state index contributed by atoms with van der Waals surface area (Å²) in [7, 11) is 0. The minimum absolute atomic E-state index is 0.483. The van der Waals surface area contributed by atoms with E-state index >= 15 is 0 Å². The normalized spacial score (nSPS) is 17.9. The maximum absolute atomic E-state index is 5.68. The Morgan fingerprint density at radius 3 is 2.71 bits per heavy atom. The van der Waals surface area contributed by atoms with Crippen LogP contribution in [0.2, 0.25) is 5.02 Å². The Morgan fingerprint density at radius 2 is 2.14 bits per heavy atom. The zero-order chi connectivity index (χ0) is 9.97. The van der Waals surface area contributed by atoms with E-state index in [1.807, 2.05) is 0 Å². The molecule has 0 aliphatic carbocycles. The van der Waals surface area contributed by atoms with Gasteiger partial charge in [0.25, 0.3) is 0 Å². The summed E-state index contributed by atoms with van der Waals surface area (Å²) in [5.74, 6) is 0.662. The first-order valence-corrected chi connectivity index (χ1v) is 5.12. The Hall–Kier alpha value is -0.870. The maximum atomic E-state index is 5.68. The van der Waals surface area contributed by atoms with E-state index in [1.54, 1.807) is 12.4 Å². The second-order valence-electron chi connectivity index (χ2n) is 3.42. The number of halogens is 1. The zero-order valence-corrected chi connectivity index (χ0v) is 8.83. The van der Waals surface area contributed by atoms with Gasteiger partial charge in [0.05, 0.1) is 23.5 Å². The van der Waals surface area contributed by atoms with Crippen LogP contribution in [-0.2, 0) is 0 Å². The molecule has 0 amide bonds. The zero-order valence-electron chi connectivity index (χ0n) is 8.07. The first kappa shape index (κ1) is 9.68. The van der Waals surface area contributed by atoms with Crippen molar-refractivity contribution < 1.29 is 0 Å². The molecule has 4 nitrogen and oxygen atoms in total. The van der Waals surface area contributed by atoms with Crippen molar-refractivity contribution in [1.82, 2.24) is 14.9 Å². The highest BCUT2D eigenvalue weighted by Crippen LogP contribution is 2.12. The predicted molar refractivity (Wildman–Crippen MR) is 56.6 cm³/mol. The third kappa shape index (κ3) is 2.13. The fourth-order valence-corrected chi connectivity index (χ4v) is 1.59. The summed E-state index contributed by atoms with van der Waals surface area (Å²) < 4.78 is 0. The molecule has 0 atom stereocenters. The lowest BCUT2D eigenvalue weighted by Gasteiger charge is -2.38. The summed E-state index contributed by atoms with van der Waals surface area (Å²) >= 11 is 5.68. The van der Waals surface area contributed by atoms with Crippen LogP contribution in [0.1, 0.15) is 6.92 Å². The van der Waals surface area contributed by atoms with Gasteiger partial charge in [0, 0.05) is 13.1 Å².